The van der Waals surface area contributed by atoms with Crippen LogP contribution < -0.4 is 35.5 Å². The molecule has 0 radical (unpaired) electrons. The summed E-state index contributed by atoms with van der Waals surface area (Å²) in [5, 5.41) is 47.5. The Morgan fingerprint density at radius 1 is 0.667 bits per heavy atom. The van der Waals surface area contributed by atoms with Crippen molar-refractivity contribution < 1.29 is 48.8 Å². The van der Waals surface area contributed by atoms with Gasteiger partial charge in [0, 0.05) is 87.2 Å². The van der Waals surface area contributed by atoms with E-state index < -0.39 is 29.2 Å². The monoisotopic (exact) mass is 922 g/mol. The van der Waals surface area contributed by atoms with Crippen LogP contribution in [0, 0.1) is 0 Å². The number of hydrogen-bond acceptors (Lipinski definition) is 9. The number of amides is 1. The minimum atomic E-state index is -1.39. The summed E-state index contributed by atoms with van der Waals surface area (Å²) in [5.74, 6) is -3.22. The third-order valence-corrected chi connectivity index (χ3v) is 14.6. The molecule has 0 spiro atoms. The summed E-state index contributed by atoms with van der Waals surface area (Å²) in [6.45, 7) is 3.62. The molecular weight excluding hydrogens is 879 g/mol. The average Bonchev–Trinajstić information content (AvgIpc) is 3.35. The van der Waals surface area contributed by atoms with Crippen molar-refractivity contribution in [3.8, 4) is 39.7 Å². The van der Waals surface area contributed by atoms with Crippen LogP contribution >= 0.6 is 0 Å². The normalized spacial score (nSPS) is 15.4. The second kappa shape index (κ2) is 15.9. The van der Waals surface area contributed by atoms with E-state index in [0.29, 0.717) is 22.1 Å². The fourth-order valence-corrected chi connectivity index (χ4v) is 11.7. The molecule has 0 saturated heterocycles. The summed E-state index contributed by atoms with van der Waals surface area (Å²) in [7, 11) is 0. The molecule has 344 valence electrons. The first-order chi connectivity index (χ1) is 33.4. The average molecular weight is 923 g/mol. The van der Waals surface area contributed by atoms with Crippen LogP contribution in [0.4, 0.5) is 5.69 Å². The number of nitrogens with one attached hydrogen (secondary N) is 1. The number of benzene rings is 6. The summed E-state index contributed by atoms with van der Waals surface area (Å²) >= 11 is 0. The van der Waals surface area contributed by atoms with E-state index in [1.165, 1.54) is 70.7 Å². The van der Waals surface area contributed by atoms with Crippen LogP contribution in [0.15, 0.2) is 88.1 Å². The van der Waals surface area contributed by atoms with Crippen molar-refractivity contribution in [1.29, 1.82) is 0 Å². The van der Waals surface area contributed by atoms with Gasteiger partial charge < -0.3 is 39.8 Å². The Labute approximate surface area is 393 Å². The third kappa shape index (κ3) is 6.67. The fourth-order valence-electron chi connectivity index (χ4n) is 11.7. The van der Waals surface area contributed by atoms with Crippen LogP contribution in [0.2, 0.25) is 0 Å². The molecule has 5 N–H and O–H groups in total. The number of hydrogen-bond donors (Lipinski definition) is 5. The molecule has 6 aliphatic heterocycles. The lowest BCUT2D eigenvalue weighted by Crippen LogP contribution is -2.45. The number of aromatic hydroxyl groups is 1. The molecular formula is C55H44N3O11+. The van der Waals surface area contributed by atoms with E-state index in [0.717, 1.165) is 123 Å². The molecule has 0 bridgehead atoms. The standard InChI is InChI=1S/C55H43N3O11/c59-31-11-14-34-44(25-31)68-49-35(45(34)32-13-10-30(53(62)63)24-39(32)55(66)67)15-16-43(60)42(49)26-56-52(61)29-9-12-33(38(23-29)54(64)65)46-40-21-27-5-1-17-57-19-3-7-36(47(27)57)50(40)69-51-37-8-4-20-58-18-2-6-28(48(37)58)22-41(46)51/h9-16,21-25H,1-8,17-20,26H2,(H4-,56,59,60,61,62,63,64,65,66,67)/p+1. The predicted octanol–water partition coefficient (Wildman–Crippen LogP) is 6.73. The Bertz CT molecular complexity index is 3660. The number of carbonyl (C=O) groups excluding carboxylic acids is 1. The highest BCUT2D eigenvalue weighted by molar-refractivity contribution is 6.09. The number of aryl methyl sites for hydroxylation is 2. The van der Waals surface area contributed by atoms with E-state index >= 15 is 0 Å². The van der Waals surface area contributed by atoms with Gasteiger partial charge in [0.25, 0.3) is 5.91 Å². The SMILES string of the molecule is O=C(O)c1ccc(-c2c3ccc(=O)cc-3oc3c(CNC(=O)c4ccc(C5=c6cc7c8c(c6Oc6c5cc5c9c6CCCN9CCC5)CCC[N+]=8CCC7)c(C(=O)O)c4)c(O)ccc23)c(C(=O)O)c1. The van der Waals surface area contributed by atoms with Gasteiger partial charge in [-0.2, -0.15) is 0 Å². The molecule has 69 heavy (non-hydrogen) atoms. The van der Waals surface area contributed by atoms with Crippen molar-refractivity contribution in [2.75, 3.05) is 31.1 Å². The van der Waals surface area contributed by atoms with Gasteiger partial charge in [-0.25, -0.2) is 19.0 Å². The second-order valence-corrected chi connectivity index (χ2v) is 18.5. The maximum Gasteiger partial charge on any atom is 0.336 e. The molecule has 1 amide bonds. The van der Waals surface area contributed by atoms with Crippen molar-refractivity contribution in [3.05, 3.63) is 161 Å². The molecule has 0 saturated carbocycles. The van der Waals surface area contributed by atoms with Crippen LogP contribution in [0.25, 0.3) is 39.0 Å². The van der Waals surface area contributed by atoms with Gasteiger partial charge in [-0.1, -0.05) is 12.1 Å². The topological polar surface area (TPSA) is 207 Å². The van der Waals surface area contributed by atoms with Crippen molar-refractivity contribution in [2.45, 2.75) is 57.9 Å². The van der Waals surface area contributed by atoms with E-state index in [-0.39, 0.29) is 57.0 Å². The summed E-state index contributed by atoms with van der Waals surface area (Å²) in [6.07, 6.45) is 7.52. The Kier molecular flexibility index (Phi) is 9.73. The number of ether oxygens (including phenoxy) is 1. The van der Waals surface area contributed by atoms with Gasteiger partial charge in [0.05, 0.1) is 34.4 Å². The van der Waals surface area contributed by atoms with Gasteiger partial charge in [-0.05, 0) is 116 Å². The molecule has 7 aliphatic rings. The van der Waals surface area contributed by atoms with Crippen molar-refractivity contribution in [2.24, 2.45) is 0 Å². The van der Waals surface area contributed by atoms with Crippen LogP contribution in [0.5, 0.6) is 17.2 Å². The Hall–Kier alpha value is -8.26. The Balaban J connectivity index is 0.979. The minimum Gasteiger partial charge on any atom is -0.507 e. The number of carboxylic acids is 3. The maximum atomic E-state index is 14.2. The lowest BCUT2D eigenvalue weighted by Gasteiger charge is -2.39. The van der Waals surface area contributed by atoms with Gasteiger partial charge in [0.15, 0.2) is 5.43 Å². The largest absolute Gasteiger partial charge is 0.507 e. The number of aromatic carboxylic acids is 3. The molecule has 0 unspecified atom stereocenters. The Morgan fingerprint density at radius 3 is 2.16 bits per heavy atom. The molecule has 0 aromatic heterocycles. The lowest BCUT2D eigenvalue weighted by atomic mass is 9.81. The van der Waals surface area contributed by atoms with Crippen molar-refractivity contribution >= 4 is 46.0 Å². The number of anilines is 1. The number of rotatable bonds is 8. The number of phenols is 1. The number of phenolic OH excluding ortho intramolecular Hbond substituents is 1. The zero-order chi connectivity index (χ0) is 47.4. The van der Waals surface area contributed by atoms with Gasteiger partial charge >= 0.3 is 17.9 Å². The quantitative estimate of drug-likeness (QED) is 0.0795. The lowest BCUT2D eigenvalue weighted by molar-refractivity contribution is 0.0682. The highest BCUT2D eigenvalue weighted by Crippen LogP contribution is 2.49. The number of nitrogens with zero attached hydrogens (tertiary/aromatic N) is 2. The van der Waals surface area contributed by atoms with E-state index in [4.69, 9.17) is 9.15 Å². The van der Waals surface area contributed by atoms with Gasteiger partial charge in [0.1, 0.15) is 41.7 Å². The van der Waals surface area contributed by atoms with Crippen LogP contribution in [-0.2, 0) is 32.2 Å². The summed E-state index contributed by atoms with van der Waals surface area (Å²) in [5.41, 5.74) is 8.07. The predicted molar refractivity (Wildman–Crippen MR) is 255 cm³/mol. The zero-order valence-corrected chi connectivity index (χ0v) is 37.2. The van der Waals surface area contributed by atoms with Gasteiger partial charge in [-0.15, -0.1) is 0 Å². The Morgan fingerprint density at radius 2 is 1.36 bits per heavy atom. The number of carbonyl (C=O) groups is 4. The van der Waals surface area contributed by atoms with Crippen LogP contribution in [0.1, 0.15) is 106 Å². The molecule has 1 aliphatic carbocycles. The van der Waals surface area contributed by atoms with E-state index in [1.54, 1.807) is 12.1 Å². The maximum absolute atomic E-state index is 14.2. The molecule has 0 atom stereocenters. The smallest absolute Gasteiger partial charge is 0.336 e. The second-order valence-electron chi connectivity index (χ2n) is 18.5. The summed E-state index contributed by atoms with van der Waals surface area (Å²) < 4.78 is 15.9. The highest BCUT2D eigenvalue weighted by Gasteiger charge is 2.37. The van der Waals surface area contributed by atoms with Crippen molar-refractivity contribution in [3.63, 3.8) is 0 Å². The molecule has 5 aromatic carbocycles. The van der Waals surface area contributed by atoms with Gasteiger partial charge in [0.2, 0.25) is 5.36 Å². The molecule has 12 rings (SSSR count). The number of fused-ring (bicyclic) bond motifs is 6. The molecule has 14 nitrogen and oxygen atoms in total. The first-order valence-corrected chi connectivity index (χ1v) is 23.3. The molecule has 5 aromatic rings. The highest BCUT2D eigenvalue weighted by atomic mass is 16.5. The first kappa shape index (κ1) is 42.1. The van der Waals surface area contributed by atoms with E-state index in [9.17, 15) is 44.4 Å². The molecule has 14 heteroatoms. The molecule has 6 heterocycles. The molecule has 0 fully saturated rings. The van der Waals surface area contributed by atoms with Crippen molar-refractivity contribution in [1.82, 2.24) is 9.89 Å². The fraction of sp³-hybridized carbons (Fsp3) is 0.236. The van der Waals surface area contributed by atoms with E-state index in [1.807, 2.05) is 0 Å². The van der Waals surface area contributed by atoms with E-state index in [2.05, 4.69) is 26.9 Å². The number of carboxylic acid groups (broad SMARTS) is 3. The summed E-state index contributed by atoms with van der Waals surface area (Å²) in [6, 6.07) is 19.7. The summed E-state index contributed by atoms with van der Waals surface area (Å²) in [4.78, 5) is 67.3. The van der Waals surface area contributed by atoms with Gasteiger partial charge in [-0.3, -0.25) is 9.59 Å². The first-order valence-electron chi connectivity index (χ1n) is 23.3. The minimum absolute atomic E-state index is 0.0329. The third-order valence-electron chi connectivity index (χ3n) is 14.6. The van der Waals surface area contributed by atoms with Crippen LogP contribution in [-0.4, -0.2) is 70.4 Å². The van der Waals surface area contributed by atoms with Crippen LogP contribution in [0.3, 0.4) is 0 Å². The zero-order valence-electron chi connectivity index (χ0n) is 37.2.